The summed E-state index contributed by atoms with van der Waals surface area (Å²) in [7, 11) is 0.680. The van der Waals surface area contributed by atoms with E-state index in [4.69, 9.17) is 9.31 Å². The van der Waals surface area contributed by atoms with Crippen LogP contribution in [0.5, 0.6) is 11.5 Å². The molecule has 0 radical (unpaired) electrons. The highest BCUT2D eigenvalue weighted by molar-refractivity contribution is 6.64. The van der Waals surface area contributed by atoms with Gasteiger partial charge >= 0.3 is 19.8 Å². The van der Waals surface area contributed by atoms with Gasteiger partial charge < -0.3 is 18.8 Å². The van der Waals surface area contributed by atoms with E-state index in [0.717, 1.165) is 0 Å². The second kappa shape index (κ2) is 15.1. The van der Waals surface area contributed by atoms with Crippen molar-refractivity contribution in [3.8, 4) is 44.9 Å². The molecule has 1 aromatic heterocycles. The predicted octanol–water partition coefficient (Wildman–Crippen LogP) is 9.02. The molecule has 2 heterocycles. The molecular formula is C36H31BF6N4O8. The number of hydrogen-bond donors (Lipinski definition) is 0. The van der Waals surface area contributed by atoms with Crippen LogP contribution in [-0.4, -0.2) is 50.7 Å². The van der Waals surface area contributed by atoms with E-state index >= 15 is 0 Å². The van der Waals surface area contributed by atoms with E-state index in [2.05, 4.69) is 14.6 Å². The van der Waals surface area contributed by atoms with E-state index in [-0.39, 0.29) is 33.5 Å². The van der Waals surface area contributed by atoms with Crippen LogP contribution in [0.25, 0.3) is 33.4 Å². The molecule has 0 amide bonds. The quantitative estimate of drug-likeness (QED) is 0.0654. The fraction of sp³-hybridized carbons (Fsp3) is 0.250. The Labute approximate surface area is 309 Å². The topological polar surface area (TPSA) is 141 Å². The number of nitro groups is 2. The van der Waals surface area contributed by atoms with Crippen molar-refractivity contribution < 1.29 is 55.0 Å². The lowest BCUT2D eigenvalue weighted by Gasteiger charge is -2.32. The van der Waals surface area contributed by atoms with Gasteiger partial charge in [-0.3, -0.25) is 24.9 Å². The molecule has 1 aliphatic rings. The third-order valence-corrected chi connectivity index (χ3v) is 8.79. The molecule has 4 aromatic carbocycles. The Kier molecular flexibility index (Phi) is 11.0. The molecule has 55 heavy (non-hydrogen) atoms. The Morgan fingerprint density at radius 3 is 1.76 bits per heavy atom. The molecule has 0 bridgehead atoms. The molecule has 1 aliphatic heterocycles. The van der Waals surface area contributed by atoms with Crippen molar-refractivity contribution in [1.82, 2.24) is 9.78 Å². The number of nitrogens with zero attached hydrogens (tertiary/aromatic N) is 4. The lowest BCUT2D eigenvalue weighted by Crippen LogP contribution is -2.41. The first-order valence-corrected chi connectivity index (χ1v) is 16.2. The summed E-state index contributed by atoms with van der Waals surface area (Å²) in [6, 6.07) is 18.9. The SMILES string of the molecule is CC1(C)OB(c2cc([N+](=O)[O-])ccc2-c2ccccc2OC(F)(F)F)OC1(C)C.Cn1cc(-c2cccc(OC(F)(F)F)c2-c2ccc([N+](=O)[O-])cc2)cn1. The van der Waals surface area contributed by atoms with Gasteiger partial charge in [-0.15, -0.1) is 26.3 Å². The summed E-state index contributed by atoms with van der Waals surface area (Å²) >= 11 is 0. The van der Waals surface area contributed by atoms with Crippen molar-refractivity contribution in [3.63, 3.8) is 0 Å². The number of ether oxygens (including phenoxy) is 2. The van der Waals surface area contributed by atoms with E-state index in [1.165, 1.54) is 83.7 Å². The number of non-ortho nitro benzene ring substituents is 2. The summed E-state index contributed by atoms with van der Waals surface area (Å²) in [6.45, 7) is 7.24. The summed E-state index contributed by atoms with van der Waals surface area (Å²) in [5, 5.41) is 26.1. The molecule has 1 fully saturated rings. The molecule has 5 aromatic rings. The molecule has 1 saturated heterocycles. The Morgan fingerprint density at radius 1 is 0.691 bits per heavy atom. The molecule has 19 heteroatoms. The normalized spacial score (nSPS) is 14.9. The number of nitro benzene ring substituents is 2. The Balaban J connectivity index is 0.000000212. The Morgan fingerprint density at radius 2 is 1.22 bits per heavy atom. The van der Waals surface area contributed by atoms with Crippen LogP contribution in [0.15, 0.2) is 97.3 Å². The molecular weight excluding hydrogens is 741 g/mol. The molecule has 0 aliphatic carbocycles. The minimum atomic E-state index is -4.89. The fourth-order valence-electron chi connectivity index (χ4n) is 5.57. The molecule has 6 rings (SSSR count). The summed E-state index contributed by atoms with van der Waals surface area (Å²) in [5.74, 6) is -0.820. The van der Waals surface area contributed by atoms with Gasteiger partial charge in [-0.1, -0.05) is 30.3 Å². The van der Waals surface area contributed by atoms with Gasteiger partial charge in [0.1, 0.15) is 11.5 Å². The minimum Gasteiger partial charge on any atom is -0.405 e. The monoisotopic (exact) mass is 772 g/mol. The third kappa shape index (κ3) is 9.41. The molecule has 0 saturated carbocycles. The van der Waals surface area contributed by atoms with E-state index in [9.17, 15) is 46.6 Å². The number of para-hydroxylation sites is 1. The van der Waals surface area contributed by atoms with Gasteiger partial charge in [-0.05, 0) is 80.2 Å². The lowest BCUT2D eigenvalue weighted by molar-refractivity contribution is -0.385. The van der Waals surface area contributed by atoms with E-state index in [0.29, 0.717) is 16.7 Å². The Bertz CT molecular complexity index is 2190. The Hall–Kier alpha value is -5.95. The minimum absolute atomic E-state index is 0.115. The summed E-state index contributed by atoms with van der Waals surface area (Å²) in [5.41, 5.74) is 0.376. The number of halogens is 6. The second-order valence-corrected chi connectivity index (χ2v) is 13.1. The predicted molar refractivity (Wildman–Crippen MR) is 188 cm³/mol. The first kappa shape index (κ1) is 40.2. The first-order valence-electron chi connectivity index (χ1n) is 16.2. The highest BCUT2D eigenvalue weighted by Crippen LogP contribution is 2.42. The zero-order valence-corrected chi connectivity index (χ0v) is 29.6. The van der Waals surface area contributed by atoms with Crippen LogP contribution in [0.2, 0.25) is 0 Å². The molecule has 0 N–H and O–H groups in total. The molecule has 12 nitrogen and oxygen atoms in total. The number of benzene rings is 4. The zero-order chi connectivity index (χ0) is 40.5. The maximum Gasteiger partial charge on any atom is 0.573 e. The summed E-state index contributed by atoms with van der Waals surface area (Å²) in [6.07, 6.45) is -6.59. The number of rotatable bonds is 8. The average Bonchev–Trinajstić information content (AvgIpc) is 3.61. The zero-order valence-electron chi connectivity index (χ0n) is 29.6. The van der Waals surface area contributed by atoms with Crippen molar-refractivity contribution in [2.24, 2.45) is 7.05 Å². The third-order valence-electron chi connectivity index (χ3n) is 8.79. The van der Waals surface area contributed by atoms with Crippen LogP contribution in [0.4, 0.5) is 37.7 Å². The number of alkyl halides is 6. The van der Waals surface area contributed by atoms with Gasteiger partial charge in [0.25, 0.3) is 11.4 Å². The number of hydrogen-bond acceptors (Lipinski definition) is 9. The van der Waals surface area contributed by atoms with Crippen molar-refractivity contribution in [3.05, 3.63) is 118 Å². The fourth-order valence-corrected chi connectivity index (χ4v) is 5.57. The van der Waals surface area contributed by atoms with Crippen LogP contribution in [-0.2, 0) is 16.4 Å². The van der Waals surface area contributed by atoms with E-state index < -0.39 is 52.4 Å². The molecule has 288 valence electrons. The number of aromatic nitrogens is 2. The summed E-state index contributed by atoms with van der Waals surface area (Å²) < 4.78 is 98.8. The standard InChI is InChI=1S/C19H19BF3NO5.C17H12F3N3O3/c1-17(2)18(3,4)29-20(28-17)15-11-12(24(25)26)9-10-13(15)14-7-5-6-8-16(14)27-19(21,22)23;1-22-10-12(9-21-22)14-3-2-4-15(26-17(18,19)20)16(14)11-5-7-13(8-6-11)23(24)25/h5-11H,1-4H3;2-10H,1H3. The van der Waals surface area contributed by atoms with Gasteiger partial charge in [0.05, 0.1) is 27.2 Å². The van der Waals surface area contributed by atoms with Crippen LogP contribution >= 0.6 is 0 Å². The molecule has 0 atom stereocenters. The summed E-state index contributed by atoms with van der Waals surface area (Å²) in [4.78, 5) is 20.9. The van der Waals surface area contributed by atoms with Crippen molar-refractivity contribution in [1.29, 1.82) is 0 Å². The number of aryl methyl sites for hydroxylation is 1. The van der Waals surface area contributed by atoms with Gasteiger partial charge in [0, 0.05) is 54.2 Å². The largest absolute Gasteiger partial charge is 0.573 e. The molecule has 0 unspecified atom stereocenters. The van der Waals surface area contributed by atoms with Crippen LogP contribution in [0, 0.1) is 20.2 Å². The van der Waals surface area contributed by atoms with Gasteiger partial charge in [0.2, 0.25) is 0 Å². The van der Waals surface area contributed by atoms with Crippen molar-refractivity contribution >= 4 is 24.0 Å². The maximum absolute atomic E-state index is 12.9. The lowest BCUT2D eigenvalue weighted by atomic mass is 9.74. The van der Waals surface area contributed by atoms with Gasteiger partial charge in [-0.25, -0.2) is 0 Å². The highest BCUT2D eigenvalue weighted by Gasteiger charge is 2.52. The van der Waals surface area contributed by atoms with E-state index in [1.54, 1.807) is 25.4 Å². The van der Waals surface area contributed by atoms with Crippen LogP contribution in [0.1, 0.15) is 27.7 Å². The van der Waals surface area contributed by atoms with Crippen molar-refractivity contribution in [2.45, 2.75) is 51.6 Å². The highest BCUT2D eigenvalue weighted by atomic mass is 19.4. The first-order chi connectivity index (χ1) is 25.5. The van der Waals surface area contributed by atoms with E-state index in [1.807, 2.05) is 27.7 Å². The van der Waals surface area contributed by atoms with Crippen LogP contribution < -0.4 is 14.9 Å². The molecule has 0 spiro atoms. The second-order valence-electron chi connectivity index (χ2n) is 13.1. The maximum atomic E-state index is 12.9. The van der Waals surface area contributed by atoms with Gasteiger partial charge in [0.15, 0.2) is 0 Å². The van der Waals surface area contributed by atoms with Gasteiger partial charge in [-0.2, -0.15) is 5.10 Å². The average molecular weight is 772 g/mol. The van der Waals surface area contributed by atoms with Crippen LogP contribution in [0.3, 0.4) is 0 Å². The van der Waals surface area contributed by atoms with Crippen molar-refractivity contribution in [2.75, 3.05) is 0 Å². The smallest absolute Gasteiger partial charge is 0.405 e.